The Labute approximate surface area is 161 Å². The maximum atomic E-state index is 2.53. The second kappa shape index (κ2) is 21.8. The number of hydrogen-bond acceptors (Lipinski definition) is 0. The van der Waals surface area contributed by atoms with Gasteiger partial charge < -0.3 is 0 Å². The fraction of sp³-hybridized carbons (Fsp3) is 0.920. The zero-order valence-corrected chi connectivity index (χ0v) is 18.2. The van der Waals surface area contributed by atoms with Crippen LogP contribution in [0.1, 0.15) is 143 Å². The van der Waals surface area contributed by atoms with E-state index in [0.717, 1.165) is 5.92 Å². The molecule has 0 heteroatoms. The van der Waals surface area contributed by atoms with Crippen molar-refractivity contribution < 1.29 is 0 Å². The van der Waals surface area contributed by atoms with E-state index in [1.807, 2.05) is 0 Å². The first-order valence-corrected chi connectivity index (χ1v) is 12.0. The number of unbranched alkanes of at least 4 members (excludes halogenated alkanes) is 15. The Kier molecular flexibility index (Phi) is 21.6. The summed E-state index contributed by atoms with van der Waals surface area (Å²) in [6, 6.07) is 0. The molecule has 1 unspecified atom stereocenters. The first-order chi connectivity index (χ1) is 12.3. The zero-order valence-electron chi connectivity index (χ0n) is 18.2. The van der Waals surface area contributed by atoms with E-state index < -0.39 is 0 Å². The molecule has 0 bridgehead atoms. The maximum absolute atomic E-state index is 2.53. The Morgan fingerprint density at radius 1 is 0.520 bits per heavy atom. The normalized spacial score (nSPS) is 12.9. The molecular weight excluding hydrogens is 300 g/mol. The van der Waals surface area contributed by atoms with Crippen LogP contribution in [0.4, 0.5) is 0 Å². The van der Waals surface area contributed by atoms with Gasteiger partial charge in [-0.3, -0.25) is 0 Å². The van der Waals surface area contributed by atoms with Crippen molar-refractivity contribution in [3.05, 3.63) is 12.2 Å². The van der Waals surface area contributed by atoms with Crippen molar-refractivity contribution in [2.45, 2.75) is 143 Å². The number of hydrogen-bond donors (Lipinski definition) is 0. The smallest absolute Gasteiger partial charge is 0.0236 e. The Bertz CT molecular complexity index is 253. The quantitative estimate of drug-likeness (QED) is 0.151. The van der Waals surface area contributed by atoms with Gasteiger partial charge in [-0.2, -0.15) is 0 Å². The lowest BCUT2D eigenvalue weighted by Crippen LogP contribution is -1.94. The predicted octanol–water partition coefficient (Wildman–Crippen LogP) is 9.63. The highest BCUT2D eigenvalue weighted by Crippen LogP contribution is 2.18. The van der Waals surface area contributed by atoms with Crippen LogP contribution in [-0.4, -0.2) is 0 Å². The molecule has 0 aliphatic heterocycles. The van der Waals surface area contributed by atoms with Crippen LogP contribution in [0.25, 0.3) is 0 Å². The van der Waals surface area contributed by atoms with Crippen LogP contribution in [0.5, 0.6) is 0 Å². The summed E-state index contributed by atoms with van der Waals surface area (Å²) in [5, 5.41) is 0. The molecule has 150 valence electrons. The van der Waals surface area contributed by atoms with E-state index in [0.29, 0.717) is 0 Å². The number of allylic oxidation sites excluding steroid dienone is 2. The van der Waals surface area contributed by atoms with Gasteiger partial charge in [0.25, 0.3) is 0 Å². The minimum absolute atomic E-state index is 0.842. The molecule has 0 rings (SSSR count). The van der Waals surface area contributed by atoms with Gasteiger partial charge in [-0.1, -0.05) is 129 Å². The second-order valence-corrected chi connectivity index (χ2v) is 8.12. The topological polar surface area (TPSA) is 0 Å². The van der Waals surface area contributed by atoms with E-state index in [-0.39, 0.29) is 0 Å². The third kappa shape index (κ3) is 19.9. The lowest BCUT2D eigenvalue weighted by atomic mass is 9.96. The summed E-state index contributed by atoms with van der Waals surface area (Å²) in [7, 11) is 0. The molecule has 0 aromatic heterocycles. The molecular formula is C25H50. The molecule has 0 N–H and O–H groups in total. The molecule has 0 heterocycles. The summed E-state index contributed by atoms with van der Waals surface area (Å²) in [4.78, 5) is 0. The largest absolute Gasteiger partial charge is 0.0883 e. The van der Waals surface area contributed by atoms with Crippen LogP contribution in [0.15, 0.2) is 12.2 Å². The highest BCUT2D eigenvalue weighted by atomic mass is 14.1. The van der Waals surface area contributed by atoms with Gasteiger partial charge in [0.1, 0.15) is 0 Å². The molecule has 0 fully saturated rings. The molecule has 0 radical (unpaired) electrons. The first-order valence-electron chi connectivity index (χ1n) is 12.0. The molecule has 0 aliphatic rings. The van der Waals surface area contributed by atoms with Crippen molar-refractivity contribution in [2.24, 2.45) is 5.92 Å². The van der Waals surface area contributed by atoms with E-state index in [9.17, 15) is 0 Å². The van der Waals surface area contributed by atoms with Crippen LogP contribution in [-0.2, 0) is 0 Å². The van der Waals surface area contributed by atoms with Gasteiger partial charge in [-0.05, 0) is 31.6 Å². The monoisotopic (exact) mass is 350 g/mol. The zero-order chi connectivity index (χ0) is 18.4. The minimum Gasteiger partial charge on any atom is -0.0883 e. The SMILES string of the molecule is CCCCCCCCC=CC(CC)CCCCCCCCCCCC. The summed E-state index contributed by atoms with van der Waals surface area (Å²) in [6.07, 6.45) is 32.0. The standard InChI is InChI=1S/C25H50/c1-4-7-9-11-13-15-16-18-20-22-24-25(6-3)23-21-19-17-14-12-10-8-5-2/h21,23,25H,4-20,22,24H2,1-3H3. The van der Waals surface area contributed by atoms with Crippen LogP contribution >= 0.6 is 0 Å². The molecule has 0 aliphatic carbocycles. The van der Waals surface area contributed by atoms with Crippen molar-refractivity contribution in [3.63, 3.8) is 0 Å². The minimum atomic E-state index is 0.842. The molecule has 0 saturated carbocycles. The summed E-state index contributed by atoms with van der Waals surface area (Å²) >= 11 is 0. The van der Waals surface area contributed by atoms with Crippen LogP contribution in [0.3, 0.4) is 0 Å². The molecule has 1 atom stereocenters. The summed E-state index contributed by atoms with van der Waals surface area (Å²) in [5.41, 5.74) is 0. The Morgan fingerprint density at radius 3 is 1.44 bits per heavy atom. The van der Waals surface area contributed by atoms with Gasteiger partial charge in [0, 0.05) is 0 Å². The van der Waals surface area contributed by atoms with Gasteiger partial charge in [-0.25, -0.2) is 0 Å². The van der Waals surface area contributed by atoms with E-state index >= 15 is 0 Å². The van der Waals surface area contributed by atoms with E-state index in [1.54, 1.807) is 0 Å². The van der Waals surface area contributed by atoms with Gasteiger partial charge in [-0.15, -0.1) is 0 Å². The van der Waals surface area contributed by atoms with E-state index in [1.165, 1.54) is 122 Å². The highest BCUT2D eigenvalue weighted by Gasteiger charge is 2.01. The van der Waals surface area contributed by atoms with Gasteiger partial charge in [0.15, 0.2) is 0 Å². The third-order valence-corrected chi connectivity index (χ3v) is 5.59. The lowest BCUT2D eigenvalue weighted by Gasteiger charge is -2.10. The fourth-order valence-electron chi connectivity index (χ4n) is 3.66. The average molecular weight is 351 g/mol. The van der Waals surface area contributed by atoms with Crippen molar-refractivity contribution in [2.75, 3.05) is 0 Å². The van der Waals surface area contributed by atoms with Crippen molar-refractivity contribution in [1.29, 1.82) is 0 Å². The van der Waals surface area contributed by atoms with Gasteiger partial charge >= 0.3 is 0 Å². The van der Waals surface area contributed by atoms with Crippen molar-refractivity contribution >= 4 is 0 Å². The molecule has 0 aromatic rings. The summed E-state index contributed by atoms with van der Waals surface area (Å²) in [6.45, 7) is 6.95. The summed E-state index contributed by atoms with van der Waals surface area (Å²) in [5.74, 6) is 0.842. The molecule has 0 spiro atoms. The molecule has 25 heavy (non-hydrogen) atoms. The number of rotatable bonds is 20. The highest BCUT2D eigenvalue weighted by molar-refractivity contribution is 4.87. The maximum Gasteiger partial charge on any atom is -0.0236 e. The molecule has 0 saturated heterocycles. The Morgan fingerprint density at radius 2 is 0.960 bits per heavy atom. The second-order valence-electron chi connectivity index (χ2n) is 8.12. The molecule has 0 amide bonds. The first kappa shape index (κ1) is 24.7. The molecule has 0 aromatic carbocycles. The van der Waals surface area contributed by atoms with Gasteiger partial charge in [0.2, 0.25) is 0 Å². The fourth-order valence-corrected chi connectivity index (χ4v) is 3.66. The summed E-state index contributed by atoms with van der Waals surface area (Å²) < 4.78 is 0. The Balaban J connectivity index is 3.39. The molecule has 0 nitrogen and oxygen atoms in total. The van der Waals surface area contributed by atoms with Crippen LogP contribution < -0.4 is 0 Å². The Hall–Kier alpha value is -0.260. The predicted molar refractivity (Wildman–Crippen MR) is 117 cm³/mol. The van der Waals surface area contributed by atoms with E-state index in [2.05, 4.69) is 32.9 Å². The lowest BCUT2D eigenvalue weighted by molar-refractivity contribution is 0.500. The average Bonchev–Trinajstić information content (AvgIpc) is 2.63. The van der Waals surface area contributed by atoms with Crippen LogP contribution in [0, 0.1) is 5.92 Å². The van der Waals surface area contributed by atoms with Crippen molar-refractivity contribution in [1.82, 2.24) is 0 Å². The van der Waals surface area contributed by atoms with E-state index in [4.69, 9.17) is 0 Å². The van der Waals surface area contributed by atoms with Gasteiger partial charge in [0.05, 0.1) is 0 Å². The third-order valence-electron chi connectivity index (χ3n) is 5.59. The van der Waals surface area contributed by atoms with Crippen molar-refractivity contribution in [3.8, 4) is 0 Å². The van der Waals surface area contributed by atoms with Crippen LogP contribution in [0.2, 0.25) is 0 Å².